The SMILES string of the molecule is CC(C)(C)[Si](C)(C)O[C@@H]1[C@@H]2O[Si](C(C)(C)C)(C(C)(C)C)OC[C@H]2O[C@H]1n1c(NCc2ccoc2)nc2c(C=Cc3ccccc3)ncnc21. The van der Waals surface area contributed by atoms with Crippen LogP contribution in [0.2, 0.25) is 28.2 Å². The summed E-state index contributed by atoms with van der Waals surface area (Å²) in [5.41, 5.74) is 4.09. The van der Waals surface area contributed by atoms with Gasteiger partial charge in [-0.2, -0.15) is 0 Å². The molecule has 1 aromatic carbocycles. The number of aromatic nitrogens is 4. The van der Waals surface area contributed by atoms with Crippen molar-refractivity contribution < 1.29 is 22.4 Å². The molecule has 0 amide bonds. The Balaban J connectivity index is 1.49. The Morgan fingerprint density at radius 3 is 2.33 bits per heavy atom. The number of nitrogens with zero attached hydrogens (tertiary/aromatic N) is 4. The Morgan fingerprint density at radius 1 is 0.980 bits per heavy atom. The van der Waals surface area contributed by atoms with E-state index in [2.05, 4.69) is 97.8 Å². The summed E-state index contributed by atoms with van der Waals surface area (Å²) >= 11 is 0. The first-order valence-corrected chi connectivity index (χ1v) is 22.0. The van der Waals surface area contributed by atoms with Crippen LogP contribution in [0.5, 0.6) is 0 Å². The van der Waals surface area contributed by atoms with E-state index in [4.69, 9.17) is 32.4 Å². The van der Waals surface area contributed by atoms with E-state index in [-0.39, 0.29) is 27.3 Å². The Hall–Kier alpha value is -3.14. The summed E-state index contributed by atoms with van der Waals surface area (Å²) in [6.07, 6.45) is 7.33. The van der Waals surface area contributed by atoms with Crippen molar-refractivity contribution in [1.82, 2.24) is 19.5 Å². The summed E-state index contributed by atoms with van der Waals surface area (Å²) in [4.78, 5) is 14.6. The maximum Gasteiger partial charge on any atom is 0.349 e. The summed E-state index contributed by atoms with van der Waals surface area (Å²) < 4.78 is 36.1. The number of fused-ring (bicyclic) bond motifs is 2. The molecule has 2 aliphatic heterocycles. The van der Waals surface area contributed by atoms with E-state index in [0.717, 1.165) is 11.1 Å². The minimum atomic E-state index is -2.85. The van der Waals surface area contributed by atoms with E-state index >= 15 is 0 Å². The Morgan fingerprint density at radius 2 is 1.69 bits per heavy atom. The average molecular weight is 704 g/mol. The highest BCUT2D eigenvalue weighted by Crippen LogP contribution is 2.57. The maximum atomic E-state index is 7.39. The molecule has 0 bridgehead atoms. The number of ether oxygens (including phenoxy) is 1. The maximum absolute atomic E-state index is 7.39. The first-order valence-electron chi connectivity index (χ1n) is 17.3. The van der Waals surface area contributed by atoms with Crippen LogP contribution in [0.15, 0.2) is 59.7 Å². The zero-order valence-corrected chi connectivity index (χ0v) is 32.9. The number of benzene rings is 1. The summed E-state index contributed by atoms with van der Waals surface area (Å²) in [7, 11) is -5.19. The summed E-state index contributed by atoms with van der Waals surface area (Å²) in [6, 6.07) is 12.1. The minimum Gasteiger partial charge on any atom is -0.472 e. The second-order valence-corrected chi connectivity index (χ2v) is 26.4. The van der Waals surface area contributed by atoms with Crippen LogP contribution in [-0.4, -0.2) is 61.3 Å². The van der Waals surface area contributed by atoms with Crippen molar-refractivity contribution in [3.05, 3.63) is 72.1 Å². The third kappa shape index (κ3) is 6.71. The molecule has 2 aliphatic rings. The lowest BCUT2D eigenvalue weighted by Gasteiger charge is -2.54. The zero-order chi connectivity index (χ0) is 35.4. The second-order valence-electron chi connectivity index (χ2n) is 16.9. The van der Waals surface area contributed by atoms with Crippen LogP contribution in [0, 0.1) is 0 Å². The van der Waals surface area contributed by atoms with E-state index in [9.17, 15) is 0 Å². The van der Waals surface area contributed by atoms with E-state index in [0.29, 0.717) is 36.0 Å². The summed E-state index contributed by atoms with van der Waals surface area (Å²) in [5.74, 6) is 0.606. The van der Waals surface area contributed by atoms with E-state index in [1.165, 1.54) is 0 Å². The Bertz CT molecular complexity index is 1760. The Labute approximate surface area is 293 Å². The van der Waals surface area contributed by atoms with Crippen molar-refractivity contribution in [3.8, 4) is 0 Å². The van der Waals surface area contributed by atoms with Crippen LogP contribution >= 0.6 is 0 Å². The van der Waals surface area contributed by atoms with Crippen molar-refractivity contribution in [2.45, 2.75) is 122 Å². The van der Waals surface area contributed by atoms with Gasteiger partial charge in [-0.3, -0.25) is 4.57 Å². The highest BCUT2D eigenvalue weighted by molar-refractivity contribution is 6.74. The minimum absolute atomic E-state index is 0.0414. The van der Waals surface area contributed by atoms with Gasteiger partial charge >= 0.3 is 8.56 Å². The molecule has 2 saturated heterocycles. The topological polar surface area (TPSA) is 106 Å². The van der Waals surface area contributed by atoms with Crippen LogP contribution in [0.3, 0.4) is 0 Å². The molecule has 1 N–H and O–H groups in total. The molecular formula is C37H53N5O5Si2. The third-order valence-corrected chi connectivity index (χ3v) is 19.9. The van der Waals surface area contributed by atoms with Crippen molar-refractivity contribution in [2.75, 3.05) is 11.9 Å². The lowest BCUT2D eigenvalue weighted by Crippen LogP contribution is -2.66. The molecule has 5 heterocycles. The van der Waals surface area contributed by atoms with Gasteiger partial charge in [0.25, 0.3) is 0 Å². The highest BCUT2D eigenvalue weighted by Gasteiger charge is 2.66. The molecule has 49 heavy (non-hydrogen) atoms. The number of rotatable bonds is 8. The van der Waals surface area contributed by atoms with Gasteiger partial charge in [-0.25, -0.2) is 15.0 Å². The van der Waals surface area contributed by atoms with Gasteiger partial charge in [0.2, 0.25) is 5.95 Å². The van der Waals surface area contributed by atoms with E-state index in [1.54, 1.807) is 18.9 Å². The Kier molecular flexibility index (Phi) is 9.38. The van der Waals surface area contributed by atoms with E-state index < -0.39 is 29.2 Å². The largest absolute Gasteiger partial charge is 0.472 e. The fourth-order valence-corrected chi connectivity index (χ4v) is 13.1. The lowest BCUT2D eigenvalue weighted by atomic mass is 10.1. The number of furan rings is 1. The molecule has 10 nitrogen and oxygen atoms in total. The second kappa shape index (κ2) is 12.9. The molecule has 4 atom stereocenters. The van der Waals surface area contributed by atoms with Crippen molar-refractivity contribution in [2.24, 2.45) is 0 Å². The van der Waals surface area contributed by atoms with Gasteiger partial charge in [-0.15, -0.1) is 0 Å². The van der Waals surface area contributed by atoms with Crippen molar-refractivity contribution in [3.63, 3.8) is 0 Å². The van der Waals surface area contributed by atoms with Gasteiger partial charge in [-0.1, -0.05) is 98.7 Å². The molecule has 2 fully saturated rings. The van der Waals surface area contributed by atoms with E-state index in [1.807, 2.05) is 41.0 Å². The molecular weight excluding hydrogens is 651 g/mol. The fourth-order valence-electron chi connectivity index (χ4n) is 6.90. The van der Waals surface area contributed by atoms with Gasteiger partial charge in [-0.05, 0) is 35.8 Å². The fraction of sp³-hybridized carbons (Fsp3) is 0.541. The highest BCUT2D eigenvalue weighted by atomic mass is 28.4. The molecule has 264 valence electrons. The van der Waals surface area contributed by atoms with Crippen molar-refractivity contribution in [1.29, 1.82) is 0 Å². The number of anilines is 1. The lowest BCUT2D eigenvalue weighted by molar-refractivity contribution is -0.0792. The number of imidazole rings is 1. The molecule has 0 saturated carbocycles. The van der Waals surface area contributed by atoms with Crippen LogP contribution in [0.25, 0.3) is 23.3 Å². The summed E-state index contributed by atoms with van der Waals surface area (Å²) in [5, 5.41) is 3.13. The number of nitrogens with one attached hydrogen (secondary N) is 1. The standard InChI is InChI=1S/C37H53N5O5Si2/c1-35(2,3)48(10,11)46-31-30-28(23-44-49(47-30,36(4,5)6)37(7,8)9)45-33(31)42-32-29(41-34(42)38-21-26-19-20-43-22-26)27(39-24-40-32)18-17-25-15-13-12-14-16-25/h12-20,22,24,28,30-31,33H,21,23H2,1-11H3,(H,38,41)/t28-,30-,31-,33-/m1/s1. The number of hydrogen-bond donors (Lipinski definition) is 1. The quantitative estimate of drug-likeness (QED) is 0.180. The first-order chi connectivity index (χ1) is 22.9. The first kappa shape index (κ1) is 35.7. The number of hydrogen-bond acceptors (Lipinski definition) is 9. The van der Waals surface area contributed by atoms with Crippen LogP contribution in [0.1, 0.15) is 85.4 Å². The average Bonchev–Trinajstić information content (AvgIpc) is 3.75. The van der Waals surface area contributed by atoms with Gasteiger partial charge in [0.1, 0.15) is 30.2 Å². The zero-order valence-electron chi connectivity index (χ0n) is 30.9. The van der Waals surface area contributed by atoms with Gasteiger partial charge in [0.05, 0.1) is 24.8 Å². The predicted octanol–water partition coefficient (Wildman–Crippen LogP) is 8.95. The monoisotopic (exact) mass is 703 g/mol. The van der Waals surface area contributed by atoms with Crippen LogP contribution in [-0.2, 0) is 24.6 Å². The molecule has 0 spiro atoms. The normalized spacial score (nSPS) is 23.3. The van der Waals surface area contributed by atoms with Crippen LogP contribution < -0.4 is 5.32 Å². The molecule has 0 radical (unpaired) electrons. The predicted molar refractivity (Wildman–Crippen MR) is 199 cm³/mol. The smallest absolute Gasteiger partial charge is 0.349 e. The van der Waals surface area contributed by atoms with Crippen LogP contribution in [0.4, 0.5) is 5.95 Å². The molecule has 0 aliphatic carbocycles. The molecule has 12 heteroatoms. The molecule has 4 aromatic rings. The molecule has 3 aromatic heterocycles. The van der Waals surface area contributed by atoms with Crippen molar-refractivity contribution >= 4 is 46.1 Å². The summed E-state index contributed by atoms with van der Waals surface area (Å²) in [6.45, 7) is 25.7. The molecule has 0 unspecified atom stereocenters. The van der Waals surface area contributed by atoms with Gasteiger partial charge in [0, 0.05) is 22.2 Å². The third-order valence-electron chi connectivity index (χ3n) is 10.3. The molecule has 6 rings (SSSR count). The van der Waals surface area contributed by atoms with Gasteiger partial charge in [0.15, 0.2) is 20.2 Å². The van der Waals surface area contributed by atoms with Gasteiger partial charge < -0.3 is 27.7 Å².